The minimum atomic E-state index is 0.183. The highest BCUT2D eigenvalue weighted by Gasteiger charge is 2.34. The summed E-state index contributed by atoms with van der Waals surface area (Å²) in [5.41, 5.74) is 0. The third-order valence-corrected chi connectivity index (χ3v) is 2.80. The predicted octanol–water partition coefficient (Wildman–Crippen LogP) is 0.690. The fourth-order valence-corrected chi connectivity index (χ4v) is 2.07. The highest BCUT2D eigenvalue weighted by molar-refractivity contribution is 5.78. The van der Waals surface area contributed by atoms with Crippen LogP contribution in [0.2, 0.25) is 0 Å². The SMILES string of the molecule is CC1CCC(C2CNC(=O)C2)O1. The van der Waals surface area contributed by atoms with Crippen LogP contribution in [0.3, 0.4) is 0 Å². The summed E-state index contributed by atoms with van der Waals surface area (Å²) in [7, 11) is 0. The van der Waals surface area contributed by atoms with Crippen LogP contribution in [-0.2, 0) is 9.53 Å². The smallest absolute Gasteiger partial charge is 0.220 e. The molecule has 2 aliphatic rings. The van der Waals surface area contributed by atoms with E-state index in [-0.39, 0.29) is 5.91 Å². The Kier molecular flexibility index (Phi) is 2.05. The van der Waals surface area contributed by atoms with Gasteiger partial charge in [0.05, 0.1) is 12.2 Å². The van der Waals surface area contributed by atoms with Crippen molar-refractivity contribution in [2.45, 2.75) is 38.4 Å². The molecule has 0 spiro atoms. The summed E-state index contributed by atoms with van der Waals surface area (Å²) in [4.78, 5) is 10.9. The van der Waals surface area contributed by atoms with Crippen LogP contribution in [0, 0.1) is 5.92 Å². The zero-order valence-electron chi connectivity index (χ0n) is 7.38. The Morgan fingerprint density at radius 1 is 1.50 bits per heavy atom. The molecule has 1 N–H and O–H groups in total. The fourth-order valence-electron chi connectivity index (χ4n) is 2.07. The molecule has 0 saturated carbocycles. The lowest BCUT2D eigenvalue weighted by Crippen LogP contribution is -2.22. The standard InChI is InChI=1S/C9H15NO2/c1-6-2-3-8(12-6)7-4-9(11)10-5-7/h6-8H,2-5H2,1H3,(H,10,11). The molecule has 12 heavy (non-hydrogen) atoms. The van der Waals surface area contributed by atoms with Gasteiger partial charge in [0.15, 0.2) is 0 Å². The second-order valence-corrected chi connectivity index (χ2v) is 3.83. The molecule has 3 heteroatoms. The molecule has 3 nitrogen and oxygen atoms in total. The Balaban J connectivity index is 1.89. The number of ether oxygens (including phenoxy) is 1. The van der Waals surface area contributed by atoms with Crippen molar-refractivity contribution in [1.82, 2.24) is 5.32 Å². The van der Waals surface area contributed by atoms with Crippen molar-refractivity contribution < 1.29 is 9.53 Å². The van der Waals surface area contributed by atoms with Gasteiger partial charge in [0.1, 0.15) is 0 Å². The van der Waals surface area contributed by atoms with Crippen molar-refractivity contribution in [3.8, 4) is 0 Å². The van der Waals surface area contributed by atoms with Gasteiger partial charge < -0.3 is 10.1 Å². The van der Waals surface area contributed by atoms with Gasteiger partial charge >= 0.3 is 0 Å². The highest BCUT2D eigenvalue weighted by Crippen LogP contribution is 2.28. The van der Waals surface area contributed by atoms with E-state index in [0.717, 1.165) is 19.4 Å². The lowest BCUT2D eigenvalue weighted by atomic mass is 9.99. The third kappa shape index (κ3) is 1.46. The Hall–Kier alpha value is -0.570. The molecule has 0 bridgehead atoms. The molecule has 2 rings (SSSR count). The van der Waals surface area contributed by atoms with E-state index in [9.17, 15) is 4.79 Å². The van der Waals surface area contributed by atoms with Crippen LogP contribution < -0.4 is 5.32 Å². The molecular formula is C9H15NO2. The van der Waals surface area contributed by atoms with Gasteiger partial charge in [0.2, 0.25) is 5.91 Å². The first-order valence-corrected chi connectivity index (χ1v) is 4.68. The quantitative estimate of drug-likeness (QED) is 0.627. The van der Waals surface area contributed by atoms with Gasteiger partial charge in [-0.2, -0.15) is 0 Å². The first-order chi connectivity index (χ1) is 5.75. The second kappa shape index (κ2) is 3.05. The van der Waals surface area contributed by atoms with E-state index in [1.807, 2.05) is 0 Å². The van der Waals surface area contributed by atoms with Crippen molar-refractivity contribution >= 4 is 5.91 Å². The highest BCUT2D eigenvalue weighted by atomic mass is 16.5. The van der Waals surface area contributed by atoms with Crippen molar-refractivity contribution in [2.75, 3.05) is 6.54 Å². The van der Waals surface area contributed by atoms with Crippen LogP contribution in [0.5, 0.6) is 0 Å². The average molecular weight is 169 g/mol. The van der Waals surface area contributed by atoms with Crippen LogP contribution in [0.1, 0.15) is 26.2 Å². The molecule has 68 valence electrons. The predicted molar refractivity (Wildman–Crippen MR) is 44.7 cm³/mol. The molecule has 3 atom stereocenters. The molecule has 0 aromatic heterocycles. The van der Waals surface area contributed by atoms with Crippen molar-refractivity contribution in [2.24, 2.45) is 5.92 Å². The van der Waals surface area contributed by atoms with Gasteiger partial charge in [-0.05, 0) is 19.8 Å². The van der Waals surface area contributed by atoms with Crippen LogP contribution >= 0.6 is 0 Å². The first-order valence-electron chi connectivity index (χ1n) is 4.68. The molecular weight excluding hydrogens is 154 g/mol. The maximum Gasteiger partial charge on any atom is 0.220 e. The van der Waals surface area contributed by atoms with Crippen LogP contribution in [0.15, 0.2) is 0 Å². The summed E-state index contributed by atoms with van der Waals surface area (Å²) in [6, 6.07) is 0. The average Bonchev–Trinajstić information content (AvgIpc) is 2.58. The molecule has 2 heterocycles. The molecule has 1 amide bonds. The van der Waals surface area contributed by atoms with Crippen LogP contribution in [-0.4, -0.2) is 24.7 Å². The van der Waals surface area contributed by atoms with E-state index in [0.29, 0.717) is 24.5 Å². The molecule has 2 saturated heterocycles. The zero-order chi connectivity index (χ0) is 8.55. The van der Waals surface area contributed by atoms with Crippen molar-refractivity contribution in [3.63, 3.8) is 0 Å². The van der Waals surface area contributed by atoms with Gasteiger partial charge in [-0.1, -0.05) is 0 Å². The van der Waals surface area contributed by atoms with Crippen molar-refractivity contribution in [3.05, 3.63) is 0 Å². The van der Waals surface area contributed by atoms with Crippen molar-refractivity contribution in [1.29, 1.82) is 0 Å². The number of hydrogen-bond donors (Lipinski definition) is 1. The van der Waals surface area contributed by atoms with Gasteiger partial charge in [-0.3, -0.25) is 4.79 Å². The first kappa shape index (κ1) is 8.05. The number of carbonyl (C=O) groups excluding carboxylic acids is 1. The Morgan fingerprint density at radius 2 is 2.33 bits per heavy atom. The third-order valence-electron chi connectivity index (χ3n) is 2.80. The maximum absolute atomic E-state index is 10.9. The number of carbonyl (C=O) groups is 1. The normalized spacial score (nSPS) is 41.8. The molecule has 0 radical (unpaired) electrons. The Morgan fingerprint density at radius 3 is 2.83 bits per heavy atom. The van der Waals surface area contributed by atoms with Crippen LogP contribution in [0.4, 0.5) is 0 Å². The number of amides is 1. The molecule has 2 aliphatic heterocycles. The summed E-state index contributed by atoms with van der Waals surface area (Å²) in [6.07, 6.45) is 3.66. The van der Waals surface area contributed by atoms with Gasteiger partial charge in [-0.15, -0.1) is 0 Å². The van der Waals surface area contributed by atoms with E-state index in [1.54, 1.807) is 0 Å². The molecule has 0 aromatic rings. The molecule has 0 aromatic carbocycles. The lowest BCUT2D eigenvalue weighted by molar-refractivity contribution is -0.119. The number of nitrogens with one attached hydrogen (secondary N) is 1. The summed E-state index contributed by atoms with van der Waals surface area (Å²) >= 11 is 0. The maximum atomic E-state index is 10.9. The van der Waals surface area contributed by atoms with E-state index in [4.69, 9.17) is 4.74 Å². The Labute approximate surface area is 72.5 Å². The Bertz CT molecular complexity index is 193. The monoisotopic (exact) mass is 169 g/mol. The number of rotatable bonds is 1. The minimum absolute atomic E-state index is 0.183. The van der Waals surface area contributed by atoms with E-state index < -0.39 is 0 Å². The molecule has 3 unspecified atom stereocenters. The topological polar surface area (TPSA) is 38.3 Å². The summed E-state index contributed by atoms with van der Waals surface area (Å²) in [5.74, 6) is 0.616. The van der Waals surface area contributed by atoms with E-state index in [1.165, 1.54) is 0 Å². The zero-order valence-corrected chi connectivity index (χ0v) is 7.38. The van der Waals surface area contributed by atoms with E-state index in [2.05, 4.69) is 12.2 Å². The van der Waals surface area contributed by atoms with E-state index >= 15 is 0 Å². The van der Waals surface area contributed by atoms with Gasteiger partial charge in [0, 0.05) is 18.9 Å². The summed E-state index contributed by atoms with van der Waals surface area (Å²) in [5, 5.41) is 2.84. The molecule has 0 aliphatic carbocycles. The minimum Gasteiger partial charge on any atom is -0.375 e. The summed E-state index contributed by atoms with van der Waals surface area (Å²) < 4.78 is 5.70. The van der Waals surface area contributed by atoms with Crippen LogP contribution in [0.25, 0.3) is 0 Å². The second-order valence-electron chi connectivity index (χ2n) is 3.83. The van der Waals surface area contributed by atoms with Gasteiger partial charge in [0.25, 0.3) is 0 Å². The largest absolute Gasteiger partial charge is 0.375 e. The fraction of sp³-hybridized carbons (Fsp3) is 0.889. The van der Waals surface area contributed by atoms with Gasteiger partial charge in [-0.25, -0.2) is 0 Å². The molecule has 2 fully saturated rings. The summed E-state index contributed by atoms with van der Waals surface area (Å²) in [6.45, 7) is 2.92. The number of hydrogen-bond acceptors (Lipinski definition) is 2. The lowest BCUT2D eigenvalue weighted by Gasteiger charge is -2.16.